The molecule has 2 N–H and O–H groups in total. The van der Waals surface area contributed by atoms with Crippen molar-refractivity contribution < 1.29 is 4.79 Å². The van der Waals surface area contributed by atoms with Gasteiger partial charge in [-0.15, -0.1) is 5.10 Å². The normalized spacial score (nSPS) is 10.2. The van der Waals surface area contributed by atoms with Gasteiger partial charge in [0.2, 0.25) is 5.95 Å². The fourth-order valence-electron chi connectivity index (χ4n) is 2.02. The standard InChI is InChI=1S/C17H14ClN5O/c1-11(24)12-2-6-15(7-3-12)21-17-22-16(10-19-23-17)20-14-8-4-13(18)5-9-14/h2-10H,1H3,(H2,20,21,22,23). The zero-order chi connectivity index (χ0) is 16.9. The number of carbonyl (C=O) groups is 1. The number of nitrogens with zero attached hydrogens (tertiary/aromatic N) is 3. The van der Waals surface area contributed by atoms with Crippen molar-refractivity contribution in [3.8, 4) is 0 Å². The molecule has 24 heavy (non-hydrogen) atoms. The lowest BCUT2D eigenvalue weighted by molar-refractivity contribution is 0.101. The van der Waals surface area contributed by atoms with Gasteiger partial charge in [0, 0.05) is 22.0 Å². The molecule has 3 aromatic rings. The topological polar surface area (TPSA) is 79.8 Å². The molecule has 120 valence electrons. The van der Waals surface area contributed by atoms with Crippen molar-refractivity contribution in [2.75, 3.05) is 10.6 Å². The van der Waals surface area contributed by atoms with Crippen LogP contribution in [0.5, 0.6) is 0 Å². The molecule has 1 heterocycles. The summed E-state index contributed by atoms with van der Waals surface area (Å²) in [5.41, 5.74) is 2.26. The van der Waals surface area contributed by atoms with Crippen LogP contribution in [-0.4, -0.2) is 21.0 Å². The fraction of sp³-hybridized carbons (Fsp3) is 0.0588. The lowest BCUT2D eigenvalue weighted by Gasteiger charge is -2.08. The Balaban J connectivity index is 1.72. The van der Waals surface area contributed by atoms with Gasteiger partial charge in [0.1, 0.15) is 0 Å². The van der Waals surface area contributed by atoms with Gasteiger partial charge in [0.15, 0.2) is 11.6 Å². The largest absolute Gasteiger partial charge is 0.339 e. The molecule has 2 aromatic carbocycles. The Bertz CT molecular complexity index is 850. The minimum absolute atomic E-state index is 0.0219. The summed E-state index contributed by atoms with van der Waals surface area (Å²) in [4.78, 5) is 15.6. The summed E-state index contributed by atoms with van der Waals surface area (Å²) < 4.78 is 0. The number of Topliss-reactive ketones (excluding diaryl/α,β-unsaturated/α-hetero) is 1. The van der Waals surface area contributed by atoms with Gasteiger partial charge in [0.25, 0.3) is 0 Å². The van der Waals surface area contributed by atoms with Crippen LogP contribution in [0.15, 0.2) is 54.7 Å². The highest BCUT2D eigenvalue weighted by Crippen LogP contribution is 2.19. The molecule has 0 saturated carbocycles. The third-order valence-electron chi connectivity index (χ3n) is 3.22. The molecule has 0 spiro atoms. The highest BCUT2D eigenvalue weighted by molar-refractivity contribution is 6.30. The maximum absolute atomic E-state index is 11.3. The average molecular weight is 340 g/mol. The summed E-state index contributed by atoms with van der Waals surface area (Å²) in [6.07, 6.45) is 1.53. The number of carbonyl (C=O) groups excluding carboxylic acids is 1. The minimum atomic E-state index is 0.0219. The lowest BCUT2D eigenvalue weighted by atomic mass is 10.1. The van der Waals surface area contributed by atoms with Gasteiger partial charge in [-0.25, -0.2) is 0 Å². The van der Waals surface area contributed by atoms with Crippen molar-refractivity contribution in [2.45, 2.75) is 6.92 Å². The molecular weight excluding hydrogens is 326 g/mol. The Labute approximate surface area is 143 Å². The number of rotatable bonds is 5. The highest BCUT2D eigenvalue weighted by Gasteiger charge is 2.03. The van der Waals surface area contributed by atoms with E-state index in [4.69, 9.17) is 11.6 Å². The van der Waals surface area contributed by atoms with E-state index in [1.165, 1.54) is 13.1 Å². The molecule has 0 radical (unpaired) electrons. The summed E-state index contributed by atoms with van der Waals surface area (Å²) in [6, 6.07) is 14.3. The highest BCUT2D eigenvalue weighted by atomic mass is 35.5. The first-order chi connectivity index (χ1) is 11.6. The second kappa shape index (κ2) is 7.06. The summed E-state index contributed by atoms with van der Waals surface area (Å²) in [5, 5.41) is 14.7. The first kappa shape index (κ1) is 15.9. The number of anilines is 4. The van der Waals surface area contributed by atoms with Crippen molar-refractivity contribution in [1.82, 2.24) is 15.2 Å². The van der Waals surface area contributed by atoms with Crippen molar-refractivity contribution in [2.24, 2.45) is 0 Å². The van der Waals surface area contributed by atoms with Gasteiger partial charge in [0.05, 0.1) is 6.20 Å². The quantitative estimate of drug-likeness (QED) is 0.678. The van der Waals surface area contributed by atoms with E-state index in [0.29, 0.717) is 22.4 Å². The summed E-state index contributed by atoms with van der Waals surface area (Å²) in [6.45, 7) is 1.53. The second-order valence-electron chi connectivity index (χ2n) is 5.06. The van der Waals surface area contributed by atoms with Crippen LogP contribution in [0.3, 0.4) is 0 Å². The molecule has 0 aliphatic carbocycles. The van der Waals surface area contributed by atoms with Crippen LogP contribution in [0.2, 0.25) is 5.02 Å². The molecule has 0 atom stereocenters. The lowest BCUT2D eigenvalue weighted by Crippen LogP contribution is -2.02. The van der Waals surface area contributed by atoms with Crippen LogP contribution < -0.4 is 10.6 Å². The molecule has 0 saturated heterocycles. The number of halogens is 1. The van der Waals surface area contributed by atoms with E-state index in [0.717, 1.165) is 11.4 Å². The Morgan fingerprint density at radius 1 is 0.958 bits per heavy atom. The molecule has 7 heteroatoms. The van der Waals surface area contributed by atoms with E-state index in [9.17, 15) is 4.79 Å². The van der Waals surface area contributed by atoms with E-state index < -0.39 is 0 Å². The molecule has 0 unspecified atom stereocenters. The van der Waals surface area contributed by atoms with Crippen molar-refractivity contribution in [3.05, 3.63) is 65.3 Å². The second-order valence-corrected chi connectivity index (χ2v) is 5.49. The van der Waals surface area contributed by atoms with Gasteiger partial charge in [-0.3, -0.25) is 4.79 Å². The Morgan fingerprint density at radius 2 is 1.58 bits per heavy atom. The van der Waals surface area contributed by atoms with Crippen molar-refractivity contribution in [1.29, 1.82) is 0 Å². The van der Waals surface area contributed by atoms with Gasteiger partial charge in [-0.05, 0) is 55.5 Å². The summed E-state index contributed by atoms with van der Waals surface area (Å²) in [7, 11) is 0. The zero-order valence-corrected chi connectivity index (χ0v) is 13.6. The first-order valence-corrected chi connectivity index (χ1v) is 7.58. The molecule has 3 rings (SSSR count). The fourth-order valence-corrected chi connectivity index (χ4v) is 2.14. The van der Waals surface area contributed by atoms with E-state index >= 15 is 0 Å². The van der Waals surface area contributed by atoms with E-state index in [1.54, 1.807) is 36.4 Å². The minimum Gasteiger partial charge on any atom is -0.339 e. The average Bonchev–Trinajstić information content (AvgIpc) is 2.58. The monoisotopic (exact) mass is 339 g/mol. The number of aromatic nitrogens is 3. The SMILES string of the molecule is CC(=O)c1ccc(Nc2nncc(Nc3ccc(Cl)cc3)n2)cc1. The van der Waals surface area contributed by atoms with E-state index in [2.05, 4.69) is 25.8 Å². The smallest absolute Gasteiger partial charge is 0.249 e. The Kier molecular flexibility index (Phi) is 4.67. The molecule has 1 aromatic heterocycles. The Morgan fingerprint density at radius 3 is 2.25 bits per heavy atom. The van der Waals surface area contributed by atoms with Gasteiger partial charge < -0.3 is 10.6 Å². The van der Waals surface area contributed by atoms with Crippen LogP contribution in [0.4, 0.5) is 23.1 Å². The van der Waals surface area contributed by atoms with E-state index in [1.807, 2.05) is 12.1 Å². The number of ketones is 1. The number of hydrogen-bond acceptors (Lipinski definition) is 6. The van der Waals surface area contributed by atoms with Crippen molar-refractivity contribution >= 4 is 40.5 Å². The number of hydrogen-bond donors (Lipinski definition) is 2. The zero-order valence-electron chi connectivity index (χ0n) is 12.8. The van der Waals surface area contributed by atoms with Gasteiger partial charge in [-0.2, -0.15) is 10.1 Å². The predicted molar refractivity (Wildman–Crippen MR) is 94.3 cm³/mol. The summed E-state index contributed by atoms with van der Waals surface area (Å²) in [5.74, 6) is 0.924. The van der Waals surface area contributed by atoms with Crippen molar-refractivity contribution in [3.63, 3.8) is 0 Å². The number of nitrogens with one attached hydrogen (secondary N) is 2. The molecule has 0 aliphatic rings. The first-order valence-electron chi connectivity index (χ1n) is 7.20. The molecule has 0 bridgehead atoms. The third-order valence-corrected chi connectivity index (χ3v) is 3.48. The predicted octanol–water partition coefficient (Wildman–Crippen LogP) is 4.21. The van der Waals surface area contributed by atoms with Gasteiger partial charge in [-0.1, -0.05) is 11.6 Å². The molecule has 6 nitrogen and oxygen atoms in total. The molecule has 0 amide bonds. The van der Waals surface area contributed by atoms with Crippen LogP contribution in [0, 0.1) is 0 Å². The molecule has 0 aliphatic heterocycles. The maximum atomic E-state index is 11.3. The van der Waals surface area contributed by atoms with Gasteiger partial charge >= 0.3 is 0 Å². The van der Waals surface area contributed by atoms with Crippen LogP contribution in [0.1, 0.15) is 17.3 Å². The van der Waals surface area contributed by atoms with Crippen LogP contribution in [-0.2, 0) is 0 Å². The third kappa shape index (κ3) is 4.05. The van der Waals surface area contributed by atoms with Crippen LogP contribution >= 0.6 is 11.6 Å². The van der Waals surface area contributed by atoms with E-state index in [-0.39, 0.29) is 5.78 Å². The maximum Gasteiger partial charge on any atom is 0.249 e. The molecule has 0 fully saturated rings. The summed E-state index contributed by atoms with van der Waals surface area (Å²) >= 11 is 5.86. The Hall–Kier alpha value is -2.99. The number of benzene rings is 2. The van der Waals surface area contributed by atoms with Crippen LogP contribution in [0.25, 0.3) is 0 Å². The molecular formula is C17H14ClN5O.